The van der Waals surface area contributed by atoms with Crippen LogP contribution in [0.15, 0.2) is 0 Å². The van der Waals surface area contributed by atoms with Crippen LogP contribution in [-0.4, -0.2) is 37.9 Å². The second-order valence-corrected chi connectivity index (χ2v) is 2.43. The fourth-order valence-corrected chi connectivity index (χ4v) is 0.725. The Labute approximate surface area is 76.0 Å². The zero-order chi connectivity index (χ0) is 10.4. The summed E-state index contributed by atoms with van der Waals surface area (Å²) >= 11 is 0. The van der Waals surface area contributed by atoms with Crippen LogP contribution in [0.3, 0.4) is 0 Å². The molecule has 0 saturated carbocycles. The summed E-state index contributed by atoms with van der Waals surface area (Å²) in [5.41, 5.74) is 0. The number of hydrogen-bond donors (Lipinski definition) is 0. The third kappa shape index (κ3) is 3.91. The summed E-state index contributed by atoms with van der Waals surface area (Å²) in [7, 11) is 2.56. The number of carbonyl (C=O) groups is 3. The van der Waals surface area contributed by atoms with E-state index >= 15 is 0 Å². The highest BCUT2D eigenvalue weighted by Crippen LogP contribution is 1.98. The molecular formula is C8H12O5. The molecule has 0 aliphatic heterocycles. The standard InChI is InChI=1S/C8H12O5/c1-5(9)6(10)4-7(11)8(12-2)13-3/h8H,4H2,1-3H3. The van der Waals surface area contributed by atoms with Gasteiger partial charge in [-0.3, -0.25) is 14.4 Å². The molecule has 74 valence electrons. The summed E-state index contributed by atoms with van der Waals surface area (Å²) in [4.78, 5) is 32.4. The zero-order valence-electron chi connectivity index (χ0n) is 7.83. The maximum Gasteiger partial charge on any atom is 0.217 e. The van der Waals surface area contributed by atoms with Gasteiger partial charge in [-0.05, 0) is 0 Å². The van der Waals surface area contributed by atoms with Crippen molar-refractivity contribution in [3.05, 3.63) is 0 Å². The van der Waals surface area contributed by atoms with Crippen LogP contribution in [0.5, 0.6) is 0 Å². The molecule has 0 N–H and O–H groups in total. The van der Waals surface area contributed by atoms with E-state index in [1.807, 2.05) is 0 Å². The molecular weight excluding hydrogens is 176 g/mol. The molecule has 13 heavy (non-hydrogen) atoms. The van der Waals surface area contributed by atoms with Crippen LogP contribution < -0.4 is 0 Å². The van der Waals surface area contributed by atoms with Crippen molar-refractivity contribution in [2.75, 3.05) is 14.2 Å². The first-order valence-corrected chi connectivity index (χ1v) is 3.65. The summed E-state index contributed by atoms with van der Waals surface area (Å²) in [6, 6.07) is 0. The Bertz CT molecular complexity index is 217. The smallest absolute Gasteiger partial charge is 0.217 e. The van der Waals surface area contributed by atoms with Crippen molar-refractivity contribution in [2.45, 2.75) is 19.6 Å². The van der Waals surface area contributed by atoms with Gasteiger partial charge in [-0.15, -0.1) is 0 Å². The Balaban J connectivity index is 4.13. The van der Waals surface area contributed by atoms with Crippen molar-refractivity contribution in [3.63, 3.8) is 0 Å². The van der Waals surface area contributed by atoms with Crippen molar-refractivity contribution < 1.29 is 23.9 Å². The average Bonchev–Trinajstić information content (AvgIpc) is 2.06. The van der Waals surface area contributed by atoms with Gasteiger partial charge < -0.3 is 9.47 Å². The molecule has 0 atom stereocenters. The third-order valence-electron chi connectivity index (χ3n) is 1.42. The van der Waals surface area contributed by atoms with Crippen molar-refractivity contribution >= 4 is 17.3 Å². The molecule has 0 amide bonds. The van der Waals surface area contributed by atoms with Crippen LogP contribution in [-0.2, 0) is 23.9 Å². The molecule has 5 nitrogen and oxygen atoms in total. The van der Waals surface area contributed by atoms with Crippen LogP contribution in [0.25, 0.3) is 0 Å². The molecule has 0 aromatic carbocycles. The molecule has 0 spiro atoms. The highest BCUT2D eigenvalue weighted by Gasteiger charge is 2.21. The van der Waals surface area contributed by atoms with E-state index in [0.717, 1.165) is 6.92 Å². The summed E-state index contributed by atoms with van der Waals surface area (Å²) < 4.78 is 9.21. The van der Waals surface area contributed by atoms with Crippen LogP contribution in [0, 0.1) is 0 Å². The molecule has 0 fully saturated rings. The second kappa shape index (κ2) is 5.55. The first-order chi connectivity index (χ1) is 6.02. The lowest BCUT2D eigenvalue weighted by molar-refractivity contribution is -0.158. The minimum atomic E-state index is -1.07. The van der Waals surface area contributed by atoms with Crippen molar-refractivity contribution in [1.29, 1.82) is 0 Å². The maximum atomic E-state index is 11.1. The molecule has 0 radical (unpaired) electrons. The molecule has 0 bridgehead atoms. The Kier molecular flexibility index (Phi) is 5.10. The number of ether oxygens (including phenoxy) is 2. The van der Waals surface area contributed by atoms with Gasteiger partial charge in [0.1, 0.15) is 0 Å². The van der Waals surface area contributed by atoms with Gasteiger partial charge in [-0.1, -0.05) is 0 Å². The Morgan fingerprint density at radius 3 is 1.92 bits per heavy atom. The SMILES string of the molecule is COC(OC)C(=O)CC(=O)C(C)=O. The fourth-order valence-electron chi connectivity index (χ4n) is 0.725. The monoisotopic (exact) mass is 188 g/mol. The van der Waals surface area contributed by atoms with E-state index in [4.69, 9.17) is 0 Å². The average molecular weight is 188 g/mol. The normalized spacial score (nSPS) is 10.2. The van der Waals surface area contributed by atoms with Crippen LogP contribution >= 0.6 is 0 Å². The number of hydrogen-bond acceptors (Lipinski definition) is 5. The van der Waals surface area contributed by atoms with Crippen LogP contribution in [0.4, 0.5) is 0 Å². The number of methoxy groups -OCH3 is 2. The van der Waals surface area contributed by atoms with E-state index in [9.17, 15) is 14.4 Å². The third-order valence-corrected chi connectivity index (χ3v) is 1.42. The van der Waals surface area contributed by atoms with Gasteiger partial charge in [0.2, 0.25) is 12.1 Å². The highest BCUT2D eigenvalue weighted by molar-refractivity contribution is 6.39. The van der Waals surface area contributed by atoms with E-state index in [2.05, 4.69) is 9.47 Å². The van der Waals surface area contributed by atoms with E-state index < -0.39 is 30.1 Å². The number of ketones is 3. The zero-order valence-corrected chi connectivity index (χ0v) is 7.83. The van der Waals surface area contributed by atoms with Crippen LogP contribution in [0.1, 0.15) is 13.3 Å². The second-order valence-electron chi connectivity index (χ2n) is 2.43. The van der Waals surface area contributed by atoms with E-state index in [0.29, 0.717) is 0 Å². The van der Waals surface area contributed by atoms with Gasteiger partial charge in [0, 0.05) is 21.1 Å². The predicted octanol–water partition coefficient (Wildman–Crippen LogP) is -0.277. The minimum Gasteiger partial charge on any atom is -0.349 e. The lowest BCUT2D eigenvalue weighted by Gasteiger charge is -2.10. The predicted molar refractivity (Wildman–Crippen MR) is 43.1 cm³/mol. The van der Waals surface area contributed by atoms with Crippen molar-refractivity contribution in [2.24, 2.45) is 0 Å². The Morgan fingerprint density at radius 1 is 1.15 bits per heavy atom. The first kappa shape index (κ1) is 11.9. The topological polar surface area (TPSA) is 69.7 Å². The number of Topliss-reactive ketones (excluding diaryl/α,β-unsaturated/α-hetero) is 3. The molecule has 0 heterocycles. The largest absolute Gasteiger partial charge is 0.349 e. The van der Waals surface area contributed by atoms with Crippen LogP contribution in [0.2, 0.25) is 0 Å². The van der Waals surface area contributed by atoms with E-state index in [1.165, 1.54) is 14.2 Å². The lowest BCUT2D eigenvalue weighted by atomic mass is 10.1. The first-order valence-electron chi connectivity index (χ1n) is 3.65. The van der Waals surface area contributed by atoms with E-state index in [-0.39, 0.29) is 0 Å². The Morgan fingerprint density at radius 2 is 1.62 bits per heavy atom. The summed E-state index contributed by atoms with van der Waals surface area (Å²) in [6.07, 6.45) is -1.54. The quantitative estimate of drug-likeness (QED) is 0.326. The molecule has 0 aromatic rings. The van der Waals surface area contributed by atoms with Gasteiger partial charge in [0.15, 0.2) is 11.6 Å². The fraction of sp³-hybridized carbons (Fsp3) is 0.625. The maximum absolute atomic E-state index is 11.1. The molecule has 0 rings (SSSR count). The van der Waals surface area contributed by atoms with Crippen molar-refractivity contribution in [1.82, 2.24) is 0 Å². The molecule has 5 heteroatoms. The highest BCUT2D eigenvalue weighted by atomic mass is 16.7. The Hall–Kier alpha value is -1.07. The molecule has 0 aromatic heterocycles. The molecule has 0 aliphatic rings. The summed E-state index contributed by atoms with van der Waals surface area (Å²) in [5, 5.41) is 0. The van der Waals surface area contributed by atoms with Gasteiger partial charge in [0.25, 0.3) is 0 Å². The van der Waals surface area contributed by atoms with E-state index in [1.54, 1.807) is 0 Å². The summed E-state index contributed by atoms with van der Waals surface area (Å²) in [5.74, 6) is -1.92. The van der Waals surface area contributed by atoms with Crippen molar-refractivity contribution in [3.8, 4) is 0 Å². The molecule has 0 aliphatic carbocycles. The minimum absolute atomic E-state index is 0.471. The van der Waals surface area contributed by atoms with Gasteiger partial charge in [0.05, 0.1) is 6.42 Å². The summed E-state index contributed by atoms with van der Waals surface area (Å²) in [6.45, 7) is 1.12. The molecule has 0 saturated heterocycles. The molecule has 0 unspecified atom stereocenters. The lowest BCUT2D eigenvalue weighted by Crippen LogP contribution is -2.28. The van der Waals surface area contributed by atoms with Gasteiger partial charge in [-0.2, -0.15) is 0 Å². The number of carbonyl (C=O) groups excluding carboxylic acids is 3. The van der Waals surface area contributed by atoms with Gasteiger partial charge in [-0.25, -0.2) is 0 Å². The van der Waals surface area contributed by atoms with Gasteiger partial charge >= 0.3 is 0 Å². The number of rotatable bonds is 6.